The predicted molar refractivity (Wildman–Crippen MR) is 160 cm³/mol. The van der Waals surface area contributed by atoms with Crippen molar-refractivity contribution >= 4 is 17.5 Å². The van der Waals surface area contributed by atoms with Crippen LogP contribution in [0.1, 0.15) is 46.6 Å². The monoisotopic (exact) mass is 588 g/mol. The molecule has 3 aromatic rings. The average molecular weight is 589 g/mol. The summed E-state index contributed by atoms with van der Waals surface area (Å²) in [5.41, 5.74) is 0.976. The van der Waals surface area contributed by atoms with Crippen molar-refractivity contribution in [3.8, 4) is 0 Å². The van der Waals surface area contributed by atoms with E-state index in [0.29, 0.717) is 42.6 Å². The summed E-state index contributed by atoms with van der Waals surface area (Å²) in [6.45, 7) is 2.97. The van der Waals surface area contributed by atoms with Crippen molar-refractivity contribution < 1.29 is 22.8 Å². The predicted octanol–water partition coefficient (Wildman–Crippen LogP) is 6.01. The highest BCUT2D eigenvalue weighted by Crippen LogP contribution is 2.53. The zero-order chi connectivity index (χ0) is 30.5. The average Bonchev–Trinajstić information content (AvgIpc) is 3.60. The SMILES string of the molecule is CN(C)[C@@H]1CCN(C(=O)c2ccc3n2Cc2ccccc2N(C(=O)C2=CC(C)(C(F)(F)F)C(c4ccccc4)C=C2)C3)C1. The van der Waals surface area contributed by atoms with E-state index >= 15 is 0 Å². The standard InChI is InChI=1S/C34H35F3N4O2/c1-33(34(35,36)37)19-24(13-15-28(33)23-9-5-4-6-10-23)31(42)41-22-27-14-16-30(32(43)39-18-17-26(21-39)38(2)3)40(27)20-25-11-7-8-12-29(25)41/h4-16,19,26,28H,17-18,20-22H2,1-3H3/t26-,28?,33?/m1/s1. The van der Waals surface area contributed by atoms with Gasteiger partial charge in [-0.3, -0.25) is 9.59 Å². The normalized spacial score (nSPS) is 23.6. The molecule has 0 N–H and O–H groups in total. The third-order valence-electron chi connectivity index (χ3n) is 9.23. The van der Waals surface area contributed by atoms with Crippen LogP contribution in [0.3, 0.4) is 0 Å². The summed E-state index contributed by atoms with van der Waals surface area (Å²) in [4.78, 5) is 33.3. The molecule has 6 nitrogen and oxygen atoms in total. The number of carbonyl (C=O) groups excluding carboxylic acids is 2. The maximum absolute atomic E-state index is 14.7. The van der Waals surface area contributed by atoms with Crippen LogP contribution >= 0.6 is 0 Å². The molecule has 43 heavy (non-hydrogen) atoms. The topological polar surface area (TPSA) is 48.8 Å². The fourth-order valence-electron chi connectivity index (χ4n) is 6.56. The van der Waals surface area contributed by atoms with Gasteiger partial charge in [-0.25, -0.2) is 0 Å². The molecular formula is C34H35F3N4O2. The van der Waals surface area contributed by atoms with Crippen molar-refractivity contribution in [1.29, 1.82) is 0 Å². The third kappa shape index (κ3) is 5.09. The number of hydrogen-bond acceptors (Lipinski definition) is 3. The Hall–Kier alpha value is -4.11. The first-order valence-corrected chi connectivity index (χ1v) is 14.5. The summed E-state index contributed by atoms with van der Waals surface area (Å²) >= 11 is 0. The summed E-state index contributed by atoms with van der Waals surface area (Å²) in [5.74, 6) is -1.54. The van der Waals surface area contributed by atoms with Crippen LogP contribution in [0.15, 0.2) is 90.5 Å². The number of allylic oxidation sites excluding steroid dienone is 2. The molecule has 0 radical (unpaired) electrons. The molecule has 2 aromatic carbocycles. The van der Waals surface area contributed by atoms with E-state index < -0.39 is 23.4 Å². The highest BCUT2D eigenvalue weighted by atomic mass is 19.4. The van der Waals surface area contributed by atoms with Gasteiger partial charge in [-0.15, -0.1) is 0 Å². The number of hydrogen-bond donors (Lipinski definition) is 0. The number of carbonyl (C=O) groups is 2. The van der Waals surface area contributed by atoms with Crippen LogP contribution in [-0.2, 0) is 17.9 Å². The Morgan fingerprint density at radius 3 is 2.35 bits per heavy atom. The summed E-state index contributed by atoms with van der Waals surface area (Å²) in [7, 11) is 4.03. The fraction of sp³-hybridized carbons (Fsp3) is 0.353. The summed E-state index contributed by atoms with van der Waals surface area (Å²) < 4.78 is 46.0. The van der Waals surface area contributed by atoms with E-state index in [9.17, 15) is 22.8 Å². The third-order valence-corrected chi connectivity index (χ3v) is 9.23. The lowest BCUT2D eigenvalue weighted by atomic mass is 9.69. The minimum atomic E-state index is -4.59. The number of likely N-dealkylation sites (tertiary alicyclic amines) is 1. The quantitative estimate of drug-likeness (QED) is 0.375. The van der Waals surface area contributed by atoms with E-state index in [2.05, 4.69) is 4.90 Å². The van der Waals surface area contributed by atoms with E-state index in [-0.39, 0.29) is 18.0 Å². The number of amides is 2. The van der Waals surface area contributed by atoms with E-state index in [4.69, 9.17) is 0 Å². The maximum atomic E-state index is 14.7. The van der Waals surface area contributed by atoms with Crippen LogP contribution in [0.25, 0.3) is 0 Å². The zero-order valence-electron chi connectivity index (χ0n) is 24.5. The Kier molecular flexibility index (Phi) is 7.32. The van der Waals surface area contributed by atoms with Gasteiger partial charge >= 0.3 is 6.18 Å². The number of fused-ring (bicyclic) bond motifs is 2. The van der Waals surface area contributed by atoms with E-state index in [0.717, 1.165) is 30.7 Å². The van der Waals surface area contributed by atoms with Gasteiger partial charge in [-0.2, -0.15) is 13.2 Å². The molecule has 6 rings (SSSR count). The van der Waals surface area contributed by atoms with Crippen LogP contribution in [-0.4, -0.2) is 65.6 Å². The van der Waals surface area contributed by atoms with Gasteiger partial charge in [0.25, 0.3) is 11.8 Å². The lowest BCUT2D eigenvalue weighted by Gasteiger charge is -2.38. The fourth-order valence-corrected chi connectivity index (χ4v) is 6.56. The number of aromatic nitrogens is 1. The minimum absolute atomic E-state index is 0.00934. The van der Waals surface area contributed by atoms with Crippen LogP contribution in [0.2, 0.25) is 0 Å². The lowest BCUT2D eigenvalue weighted by Crippen LogP contribution is -2.41. The number of halogens is 3. The Morgan fingerprint density at radius 2 is 1.65 bits per heavy atom. The second-order valence-electron chi connectivity index (χ2n) is 12.1. The molecule has 9 heteroatoms. The van der Waals surface area contributed by atoms with E-state index in [1.165, 1.54) is 17.1 Å². The largest absolute Gasteiger partial charge is 0.398 e. The molecule has 2 unspecified atom stereocenters. The molecule has 3 heterocycles. The number of benzene rings is 2. The molecule has 3 atom stereocenters. The Balaban J connectivity index is 1.35. The van der Waals surface area contributed by atoms with E-state index in [1.807, 2.05) is 53.9 Å². The summed E-state index contributed by atoms with van der Waals surface area (Å²) in [6.07, 6.45) is 0.413. The molecule has 1 aliphatic carbocycles. The molecule has 1 fully saturated rings. The van der Waals surface area contributed by atoms with Gasteiger partial charge in [0.05, 0.1) is 18.5 Å². The molecule has 0 bridgehead atoms. The molecule has 2 aliphatic heterocycles. The second-order valence-corrected chi connectivity index (χ2v) is 12.1. The molecule has 1 aromatic heterocycles. The van der Waals surface area contributed by atoms with Gasteiger partial charge < -0.3 is 19.3 Å². The van der Waals surface area contributed by atoms with Crippen molar-refractivity contribution in [3.63, 3.8) is 0 Å². The first kappa shape index (κ1) is 29.0. The Morgan fingerprint density at radius 1 is 0.930 bits per heavy atom. The summed E-state index contributed by atoms with van der Waals surface area (Å²) in [5, 5.41) is 0. The molecule has 0 saturated carbocycles. The smallest absolute Gasteiger partial charge is 0.336 e. The molecule has 0 spiro atoms. The number of anilines is 1. The first-order valence-electron chi connectivity index (χ1n) is 14.5. The van der Waals surface area contributed by atoms with Crippen molar-refractivity contribution in [2.75, 3.05) is 32.1 Å². The molecular weight excluding hydrogens is 553 g/mol. The number of para-hydroxylation sites is 1. The van der Waals surface area contributed by atoms with Crippen molar-refractivity contribution in [2.24, 2.45) is 5.41 Å². The van der Waals surface area contributed by atoms with Crippen LogP contribution < -0.4 is 4.90 Å². The lowest BCUT2D eigenvalue weighted by molar-refractivity contribution is -0.204. The van der Waals surface area contributed by atoms with Gasteiger partial charge in [0, 0.05) is 42.0 Å². The maximum Gasteiger partial charge on any atom is 0.398 e. The minimum Gasteiger partial charge on any atom is -0.336 e. The van der Waals surface area contributed by atoms with Gasteiger partial charge in [0.15, 0.2) is 0 Å². The number of likely N-dealkylation sites (N-methyl/N-ethyl adjacent to an activating group) is 1. The Bertz CT molecular complexity index is 1610. The summed E-state index contributed by atoms with van der Waals surface area (Å²) in [6, 6.07) is 19.9. The second kappa shape index (κ2) is 10.9. The van der Waals surface area contributed by atoms with Crippen LogP contribution in [0, 0.1) is 5.41 Å². The van der Waals surface area contributed by atoms with Gasteiger partial charge in [-0.05, 0) is 56.8 Å². The number of rotatable bonds is 4. The first-order chi connectivity index (χ1) is 20.5. The molecule has 3 aliphatic rings. The zero-order valence-corrected chi connectivity index (χ0v) is 24.5. The van der Waals surface area contributed by atoms with Gasteiger partial charge in [0.1, 0.15) is 5.69 Å². The van der Waals surface area contributed by atoms with Gasteiger partial charge in [0.2, 0.25) is 0 Å². The molecule has 1 saturated heterocycles. The van der Waals surface area contributed by atoms with Crippen LogP contribution in [0.5, 0.6) is 0 Å². The Labute approximate surface area is 249 Å². The highest BCUT2D eigenvalue weighted by molar-refractivity contribution is 6.08. The van der Waals surface area contributed by atoms with Crippen molar-refractivity contribution in [1.82, 2.24) is 14.4 Å². The van der Waals surface area contributed by atoms with Crippen molar-refractivity contribution in [3.05, 3.63) is 113 Å². The van der Waals surface area contributed by atoms with E-state index in [1.54, 1.807) is 36.4 Å². The number of nitrogens with zero attached hydrogens (tertiary/aromatic N) is 4. The van der Waals surface area contributed by atoms with Gasteiger partial charge in [-0.1, -0.05) is 66.8 Å². The van der Waals surface area contributed by atoms with Crippen molar-refractivity contribution in [2.45, 2.75) is 44.6 Å². The molecule has 2 amide bonds. The molecule has 224 valence electrons. The number of alkyl halides is 3. The van der Waals surface area contributed by atoms with Crippen LogP contribution in [0.4, 0.5) is 18.9 Å². The highest BCUT2D eigenvalue weighted by Gasteiger charge is 2.55.